The summed E-state index contributed by atoms with van der Waals surface area (Å²) in [7, 11) is 0. The number of aromatic nitrogens is 2. The van der Waals surface area contributed by atoms with Crippen molar-refractivity contribution in [2.75, 3.05) is 13.2 Å². The Bertz CT molecular complexity index is 748. The molecule has 1 unspecified atom stereocenters. The van der Waals surface area contributed by atoms with Crippen LogP contribution in [0.25, 0.3) is 0 Å². The number of carbonyl (C=O) groups is 1. The van der Waals surface area contributed by atoms with E-state index in [-0.39, 0.29) is 24.3 Å². The molecule has 8 heteroatoms. The highest BCUT2D eigenvalue weighted by molar-refractivity contribution is 5.94. The third-order valence-corrected chi connectivity index (χ3v) is 3.78. The van der Waals surface area contributed by atoms with Crippen LogP contribution in [0, 0.1) is 11.6 Å². The van der Waals surface area contributed by atoms with Gasteiger partial charge < -0.3 is 15.4 Å². The molecule has 0 saturated carbocycles. The number of nitrogens with zero attached hydrogens (tertiary/aromatic N) is 1. The normalized spacial score (nSPS) is 14.8. The summed E-state index contributed by atoms with van der Waals surface area (Å²) >= 11 is 0. The molecule has 1 amide bonds. The maximum Gasteiger partial charge on any atom is 0.272 e. The first-order valence-electron chi connectivity index (χ1n) is 7.70. The van der Waals surface area contributed by atoms with Crippen molar-refractivity contribution in [3.63, 3.8) is 0 Å². The van der Waals surface area contributed by atoms with Gasteiger partial charge in [0.05, 0.1) is 6.04 Å². The lowest BCUT2D eigenvalue weighted by molar-refractivity contribution is 0.0920. The lowest BCUT2D eigenvalue weighted by atomic mass is 10.1. The fourth-order valence-electron chi connectivity index (χ4n) is 2.55. The summed E-state index contributed by atoms with van der Waals surface area (Å²) in [5.41, 5.74) is 2.20. The van der Waals surface area contributed by atoms with Crippen molar-refractivity contribution in [2.45, 2.75) is 25.9 Å². The first-order valence-corrected chi connectivity index (χ1v) is 7.70. The number of amides is 1. The highest BCUT2D eigenvalue weighted by Crippen LogP contribution is 2.18. The number of carbonyl (C=O) groups excluding carboxylic acids is 1. The highest BCUT2D eigenvalue weighted by atomic mass is 19.1. The standard InChI is InChI=1S/C16H18F2N4O2/c1-9(8-24-14-3-2-10(17)6-12(14)18)20-16(23)15-11-7-19-5-4-13(11)21-22-15/h2-3,6,9,19H,4-5,7-8H2,1H3,(H,20,23)(H,21,22). The fourth-order valence-corrected chi connectivity index (χ4v) is 2.55. The van der Waals surface area contributed by atoms with Crippen LogP contribution >= 0.6 is 0 Å². The van der Waals surface area contributed by atoms with Crippen LogP contribution in [0.2, 0.25) is 0 Å². The molecule has 0 aliphatic carbocycles. The van der Waals surface area contributed by atoms with Gasteiger partial charge in [-0.15, -0.1) is 0 Å². The molecule has 0 spiro atoms. The Morgan fingerprint density at radius 2 is 2.29 bits per heavy atom. The van der Waals surface area contributed by atoms with Crippen molar-refractivity contribution in [3.05, 3.63) is 46.8 Å². The molecule has 1 atom stereocenters. The van der Waals surface area contributed by atoms with Gasteiger partial charge in [0.2, 0.25) is 0 Å². The van der Waals surface area contributed by atoms with E-state index in [0.29, 0.717) is 12.2 Å². The van der Waals surface area contributed by atoms with Crippen LogP contribution in [0.3, 0.4) is 0 Å². The zero-order valence-electron chi connectivity index (χ0n) is 13.2. The quantitative estimate of drug-likeness (QED) is 0.774. The number of fused-ring (bicyclic) bond motifs is 1. The lowest BCUT2D eigenvalue weighted by Crippen LogP contribution is -2.38. The smallest absolute Gasteiger partial charge is 0.272 e. The largest absolute Gasteiger partial charge is 0.488 e. The van der Waals surface area contributed by atoms with Crippen LogP contribution < -0.4 is 15.4 Å². The Balaban J connectivity index is 1.57. The van der Waals surface area contributed by atoms with Crippen LogP contribution in [-0.4, -0.2) is 35.3 Å². The van der Waals surface area contributed by atoms with E-state index in [1.54, 1.807) is 6.92 Å². The summed E-state index contributed by atoms with van der Waals surface area (Å²) in [6, 6.07) is 2.71. The van der Waals surface area contributed by atoms with Gasteiger partial charge in [0.15, 0.2) is 17.3 Å². The second kappa shape index (κ2) is 6.96. The number of aromatic amines is 1. The van der Waals surface area contributed by atoms with E-state index in [1.807, 2.05) is 0 Å². The van der Waals surface area contributed by atoms with Gasteiger partial charge in [0.1, 0.15) is 12.4 Å². The molecule has 2 aromatic rings. The number of ether oxygens (including phenoxy) is 1. The fraction of sp³-hybridized carbons (Fsp3) is 0.375. The van der Waals surface area contributed by atoms with E-state index < -0.39 is 11.6 Å². The Kier molecular flexibility index (Phi) is 4.75. The van der Waals surface area contributed by atoms with Gasteiger partial charge in [-0.25, -0.2) is 8.78 Å². The molecule has 6 nitrogen and oxygen atoms in total. The summed E-state index contributed by atoms with van der Waals surface area (Å²) in [6.45, 7) is 3.24. The first-order chi connectivity index (χ1) is 11.5. The van der Waals surface area contributed by atoms with Crippen molar-refractivity contribution >= 4 is 5.91 Å². The minimum absolute atomic E-state index is 0.0547. The Morgan fingerprint density at radius 3 is 3.08 bits per heavy atom. The van der Waals surface area contributed by atoms with Crippen LogP contribution in [0.5, 0.6) is 5.75 Å². The monoisotopic (exact) mass is 336 g/mol. The van der Waals surface area contributed by atoms with Gasteiger partial charge in [0.25, 0.3) is 5.91 Å². The van der Waals surface area contributed by atoms with Crippen LogP contribution in [-0.2, 0) is 13.0 Å². The van der Waals surface area contributed by atoms with Gasteiger partial charge in [0, 0.05) is 36.8 Å². The number of nitrogens with one attached hydrogen (secondary N) is 3. The molecule has 0 fully saturated rings. The maximum absolute atomic E-state index is 13.5. The van der Waals surface area contributed by atoms with Gasteiger partial charge in [-0.1, -0.05) is 0 Å². The molecule has 3 rings (SSSR count). The van der Waals surface area contributed by atoms with Crippen molar-refractivity contribution in [2.24, 2.45) is 0 Å². The van der Waals surface area contributed by atoms with Crippen LogP contribution in [0.4, 0.5) is 8.78 Å². The van der Waals surface area contributed by atoms with Crippen molar-refractivity contribution in [1.29, 1.82) is 0 Å². The third-order valence-electron chi connectivity index (χ3n) is 3.78. The van der Waals surface area contributed by atoms with E-state index in [0.717, 1.165) is 36.4 Å². The molecule has 0 bridgehead atoms. The van der Waals surface area contributed by atoms with E-state index >= 15 is 0 Å². The van der Waals surface area contributed by atoms with Gasteiger partial charge in [-0.3, -0.25) is 9.89 Å². The van der Waals surface area contributed by atoms with E-state index in [2.05, 4.69) is 20.8 Å². The second-order valence-corrected chi connectivity index (χ2v) is 5.72. The minimum atomic E-state index is -0.777. The van der Waals surface area contributed by atoms with Gasteiger partial charge in [-0.05, 0) is 19.1 Å². The van der Waals surface area contributed by atoms with Crippen molar-refractivity contribution in [3.8, 4) is 5.75 Å². The average molecular weight is 336 g/mol. The number of halogens is 2. The zero-order valence-corrected chi connectivity index (χ0v) is 13.2. The molecular formula is C16H18F2N4O2. The van der Waals surface area contributed by atoms with Crippen molar-refractivity contribution in [1.82, 2.24) is 20.8 Å². The molecule has 128 valence electrons. The first kappa shape index (κ1) is 16.4. The van der Waals surface area contributed by atoms with E-state index in [4.69, 9.17) is 4.74 Å². The summed E-state index contributed by atoms with van der Waals surface area (Å²) in [4.78, 5) is 12.3. The Morgan fingerprint density at radius 1 is 1.46 bits per heavy atom. The molecule has 1 aromatic carbocycles. The topological polar surface area (TPSA) is 79.0 Å². The Labute approximate surface area is 137 Å². The predicted molar refractivity (Wildman–Crippen MR) is 82.8 cm³/mol. The molecule has 24 heavy (non-hydrogen) atoms. The molecule has 2 heterocycles. The molecule has 1 aromatic heterocycles. The number of rotatable bonds is 5. The number of benzene rings is 1. The zero-order chi connectivity index (χ0) is 17.1. The summed E-state index contributed by atoms with van der Waals surface area (Å²) in [6.07, 6.45) is 0.804. The average Bonchev–Trinajstić information content (AvgIpc) is 2.98. The molecular weight excluding hydrogens is 318 g/mol. The molecule has 1 aliphatic rings. The molecule has 0 saturated heterocycles. The summed E-state index contributed by atoms with van der Waals surface area (Å²) in [5, 5.41) is 12.9. The van der Waals surface area contributed by atoms with Gasteiger partial charge >= 0.3 is 0 Å². The Hall–Kier alpha value is -2.48. The second-order valence-electron chi connectivity index (χ2n) is 5.72. The molecule has 0 radical (unpaired) electrons. The number of hydrogen-bond donors (Lipinski definition) is 3. The van der Waals surface area contributed by atoms with Crippen molar-refractivity contribution < 1.29 is 18.3 Å². The predicted octanol–water partition coefficient (Wildman–Crippen LogP) is 1.53. The number of hydrogen-bond acceptors (Lipinski definition) is 4. The molecule has 3 N–H and O–H groups in total. The van der Waals surface area contributed by atoms with E-state index in [9.17, 15) is 13.6 Å². The third kappa shape index (κ3) is 3.53. The van der Waals surface area contributed by atoms with Crippen LogP contribution in [0.15, 0.2) is 18.2 Å². The minimum Gasteiger partial charge on any atom is -0.488 e. The lowest BCUT2D eigenvalue weighted by Gasteiger charge is -2.16. The summed E-state index contributed by atoms with van der Waals surface area (Å²) in [5.74, 6) is -1.81. The summed E-state index contributed by atoms with van der Waals surface area (Å²) < 4.78 is 31.6. The van der Waals surface area contributed by atoms with E-state index in [1.165, 1.54) is 6.07 Å². The molecule has 1 aliphatic heterocycles. The van der Waals surface area contributed by atoms with Crippen LogP contribution in [0.1, 0.15) is 28.7 Å². The maximum atomic E-state index is 13.5. The highest BCUT2D eigenvalue weighted by Gasteiger charge is 2.22. The van der Waals surface area contributed by atoms with Gasteiger partial charge in [-0.2, -0.15) is 5.10 Å². The number of H-pyrrole nitrogens is 1. The SMILES string of the molecule is CC(COc1ccc(F)cc1F)NC(=O)c1n[nH]c2c1CNCC2.